The lowest BCUT2D eigenvalue weighted by Crippen LogP contribution is -2.41. The minimum absolute atomic E-state index is 0.00249. The number of rotatable bonds is 7. The lowest BCUT2D eigenvalue weighted by atomic mass is 9.92. The van der Waals surface area contributed by atoms with Crippen LogP contribution in [0.3, 0.4) is 0 Å². The third-order valence-electron chi connectivity index (χ3n) is 7.42. The zero-order chi connectivity index (χ0) is 24.3. The number of hydrogen-bond acceptors (Lipinski definition) is 5. The molecule has 0 radical (unpaired) electrons. The Morgan fingerprint density at radius 3 is 2.40 bits per heavy atom. The number of alkyl halides is 2. The predicted octanol–water partition coefficient (Wildman–Crippen LogP) is 4.64. The van der Waals surface area contributed by atoms with Crippen molar-refractivity contribution in [3.05, 3.63) is 54.1 Å². The number of anilines is 1. The summed E-state index contributed by atoms with van der Waals surface area (Å²) in [6.45, 7) is 5.38. The fourth-order valence-electron chi connectivity index (χ4n) is 5.35. The molecule has 3 aliphatic rings. The van der Waals surface area contributed by atoms with E-state index >= 15 is 0 Å². The van der Waals surface area contributed by atoms with Crippen molar-refractivity contribution >= 4 is 11.6 Å². The van der Waals surface area contributed by atoms with E-state index in [4.69, 9.17) is 0 Å². The molecule has 0 bridgehead atoms. The number of nitrogens with zero attached hydrogens (tertiary/aromatic N) is 2. The first-order chi connectivity index (χ1) is 16.9. The molecule has 0 aliphatic carbocycles. The van der Waals surface area contributed by atoms with E-state index in [1.807, 2.05) is 0 Å². The Labute approximate surface area is 205 Å². The van der Waals surface area contributed by atoms with E-state index in [-0.39, 0.29) is 23.3 Å². The van der Waals surface area contributed by atoms with E-state index in [0.29, 0.717) is 19.0 Å². The number of halogens is 2. The Bertz CT molecular complexity index is 1000. The fourth-order valence-corrected chi connectivity index (χ4v) is 5.35. The minimum atomic E-state index is -3.61. The van der Waals surface area contributed by atoms with Crippen molar-refractivity contribution < 1.29 is 23.0 Å². The molecule has 3 aliphatic heterocycles. The van der Waals surface area contributed by atoms with Crippen LogP contribution in [-0.4, -0.2) is 49.8 Å². The highest BCUT2D eigenvalue weighted by Gasteiger charge is 2.43. The van der Waals surface area contributed by atoms with E-state index in [1.165, 1.54) is 24.5 Å². The van der Waals surface area contributed by atoms with Gasteiger partial charge in [-0.3, -0.25) is 9.69 Å². The van der Waals surface area contributed by atoms with Crippen LogP contribution >= 0.6 is 0 Å². The van der Waals surface area contributed by atoms with Crippen molar-refractivity contribution in [1.29, 1.82) is 0 Å². The second-order valence-electron chi connectivity index (χ2n) is 9.84. The van der Waals surface area contributed by atoms with Crippen LogP contribution in [0.25, 0.3) is 0 Å². The van der Waals surface area contributed by atoms with Crippen molar-refractivity contribution in [1.82, 2.24) is 10.2 Å². The molecule has 0 unspecified atom stereocenters. The van der Waals surface area contributed by atoms with E-state index in [0.717, 1.165) is 51.1 Å². The molecule has 188 valence electrons. The van der Waals surface area contributed by atoms with Crippen LogP contribution in [-0.2, 0) is 11.3 Å². The van der Waals surface area contributed by atoms with Gasteiger partial charge in [0.2, 0.25) is 5.91 Å². The van der Waals surface area contributed by atoms with Crippen LogP contribution in [0.2, 0.25) is 0 Å². The van der Waals surface area contributed by atoms with Gasteiger partial charge in [0.15, 0.2) is 11.5 Å². The Morgan fingerprint density at radius 2 is 1.66 bits per heavy atom. The summed E-state index contributed by atoms with van der Waals surface area (Å²) in [5.74, 6) is 0.907. The molecule has 2 saturated heterocycles. The summed E-state index contributed by atoms with van der Waals surface area (Å²) < 4.78 is 35.6. The van der Waals surface area contributed by atoms with Gasteiger partial charge in [-0.05, 0) is 68.8 Å². The molecule has 5 rings (SSSR count). The van der Waals surface area contributed by atoms with Crippen molar-refractivity contribution in [2.45, 2.75) is 44.9 Å². The Kier molecular flexibility index (Phi) is 7.09. The quantitative estimate of drug-likeness (QED) is 0.619. The minimum Gasteiger partial charge on any atom is -0.395 e. The lowest BCUT2D eigenvalue weighted by Gasteiger charge is -2.33. The SMILES string of the molecule is O=C(NCCC1CCN(Cc2ccccc2)CC1)C1CCN(c2ccc3c(c2)OC(F)(F)O3)CC1. The van der Waals surface area contributed by atoms with Crippen molar-refractivity contribution in [3.8, 4) is 11.5 Å². The molecular formula is C27H33F2N3O3. The highest BCUT2D eigenvalue weighted by Crippen LogP contribution is 2.43. The van der Waals surface area contributed by atoms with Gasteiger partial charge < -0.3 is 19.7 Å². The molecule has 0 saturated carbocycles. The Hall–Kier alpha value is -2.87. The van der Waals surface area contributed by atoms with E-state index in [1.54, 1.807) is 12.1 Å². The molecule has 1 N–H and O–H groups in total. The number of carbonyl (C=O) groups is 1. The third-order valence-corrected chi connectivity index (χ3v) is 7.42. The molecule has 2 aromatic rings. The highest BCUT2D eigenvalue weighted by atomic mass is 19.3. The van der Waals surface area contributed by atoms with Gasteiger partial charge in [0.05, 0.1) is 0 Å². The van der Waals surface area contributed by atoms with Gasteiger partial charge in [-0.2, -0.15) is 0 Å². The number of likely N-dealkylation sites (tertiary alicyclic amines) is 1. The molecule has 0 aromatic heterocycles. The monoisotopic (exact) mass is 485 g/mol. The van der Waals surface area contributed by atoms with Crippen molar-refractivity contribution in [2.24, 2.45) is 11.8 Å². The maximum Gasteiger partial charge on any atom is 0.586 e. The lowest BCUT2D eigenvalue weighted by molar-refractivity contribution is -0.286. The topological polar surface area (TPSA) is 54.0 Å². The van der Waals surface area contributed by atoms with Gasteiger partial charge in [0, 0.05) is 43.9 Å². The number of benzene rings is 2. The summed E-state index contributed by atoms with van der Waals surface area (Å²) in [6.07, 6.45) is 1.28. The van der Waals surface area contributed by atoms with Gasteiger partial charge in [0.1, 0.15) is 0 Å². The molecular weight excluding hydrogens is 452 g/mol. The smallest absolute Gasteiger partial charge is 0.395 e. The van der Waals surface area contributed by atoms with Gasteiger partial charge in [0.25, 0.3) is 0 Å². The van der Waals surface area contributed by atoms with Gasteiger partial charge in [-0.15, -0.1) is 8.78 Å². The zero-order valence-corrected chi connectivity index (χ0v) is 19.9. The number of nitrogens with one attached hydrogen (secondary N) is 1. The van der Waals surface area contributed by atoms with E-state index < -0.39 is 6.29 Å². The average molecular weight is 486 g/mol. The number of carbonyl (C=O) groups excluding carboxylic acids is 1. The molecule has 2 fully saturated rings. The molecule has 8 heteroatoms. The standard InChI is InChI=1S/C27H33F2N3O3/c28-27(29)34-24-7-6-23(18-25(24)35-27)32-16-11-22(12-17-32)26(33)30-13-8-20-9-14-31(15-10-20)19-21-4-2-1-3-5-21/h1-7,18,20,22H,8-17,19H2,(H,30,33). The summed E-state index contributed by atoms with van der Waals surface area (Å²) in [5.41, 5.74) is 2.17. The number of amides is 1. The molecule has 6 nitrogen and oxygen atoms in total. The van der Waals surface area contributed by atoms with Crippen molar-refractivity contribution in [3.63, 3.8) is 0 Å². The maximum absolute atomic E-state index is 13.3. The zero-order valence-electron chi connectivity index (χ0n) is 19.9. The van der Waals surface area contributed by atoms with Crippen LogP contribution in [0.5, 0.6) is 11.5 Å². The number of hydrogen-bond donors (Lipinski definition) is 1. The molecule has 1 amide bonds. The third kappa shape index (κ3) is 6.04. The predicted molar refractivity (Wildman–Crippen MR) is 130 cm³/mol. The van der Waals surface area contributed by atoms with Crippen LogP contribution in [0.4, 0.5) is 14.5 Å². The van der Waals surface area contributed by atoms with Crippen LogP contribution in [0.15, 0.2) is 48.5 Å². The summed E-state index contributed by atoms with van der Waals surface area (Å²) in [7, 11) is 0. The first-order valence-electron chi connectivity index (χ1n) is 12.6. The average Bonchev–Trinajstić information content (AvgIpc) is 3.19. The fraction of sp³-hybridized carbons (Fsp3) is 0.519. The first kappa shape index (κ1) is 23.9. The van der Waals surface area contributed by atoms with Crippen molar-refractivity contribution in [2.75, 3.05) is 37.6 Å². The summed E-state index contributed by atoms with van der Waals surface area (Å²) >= 11 is 0. The largest absolute Gasteiger partial charge is 0.586 e. The van der Waals surface area contributed by atoms with E-state index in [2.05, 4.69) is 54.9 Å². The molecule has 0 atom stereocenters. The van der Waals surface area contributed by atoms with Gasteiger partial charge >= 0.3 is 6.29 Å². The number of ether oxygens (including phenoxy) is 2. The second kappa shape index (κ2) is 10.4. The number of fused-ring (bicyclic) bond motifs is 1. The molecule has 3 heterocycles. The summed E-state index contributed by atoms with van der Waals surface area (Å²) in [6, 6.07) is 15.5. The van der Waals surface area contributed by atoms with Crippen LogP contribution in [0, 0.1) is 11.8 Å². The molecule has 0 spiro atoms. The summed E-state index contributed by atoms with van der Waals surface area (Å²) in [4.78, 5) is 17.3. The molecule has 35 heavy (non-hydrogen) atoms. The van der Waals surface area contributed by atoms with Crippen LogP contribution in [0.1, 0.15) is 37.7 Å². The molecule has 2 aromatic carbocycles. The van der Waals surface area contributed by atoms with Gasteiger partial charge in [-0.1, -0.05) is 30.3 Å². The normalized spacial score (nSPS) is 20.7. The summed E-state index contributed by atoms with van der Waals surface area (Å²) in [5, 5.41) is 3.16. The second-order valence-corrected chi connectivity index (χ2v) is 9.84. The first-order valence-corrected chi connectivity index (χ1v) is 12.6. The Morgan fingerprint density at radius 1 is 0.943 bits per heavy atom. The number of piperidine rings is 2. The van der Waals surface area contributed by atoms with Gasteiger partial charge in [-0.25, -0.2) is 0 Å². The van der Waals surface area contributed by atoms with Crippen LogP contribution < -0.4 is 19.7 Å². The Balaban J connectivity index is 0.997. The maximum atomic E-state index is 13.3. The van der Waals surface area contributed by atoms with E-state index in [9.17, 15) is 13.6 Å². The highest BCUT2D eigenvalue weighted by molar-refractivity contribution is 5.79.